The summed E-state index contributed by atoms with van der Waals surface area (Å²) < 4.78 is 5.77. The van der Waals surface area contributed by atoms with E-state index in [0.29, 0.717) is 11.8 Å². The second-order valence-corrected chi connectivity index (χ2v) is 6.86. The van der Waals surface area contributed by atoms with Gasteiger partial charge in [0.15, 0.2) is 0 Å². The number of allylic oxidation sites excluding steroid dienone is 1. The molecule has 6 atom stereocenters. The highest BCUT2D eigenvalue weighted by molar-refractivity contribution is 5.75. The minimum absolute atomic E-state index is 0.0167. The number of ether oxygens (including phenoxy) is 1. The molecule has 1 saturated heterocycles. The van der Waals surface area contributed by atoms with Gasteiger partial charge in [0.1, 0.15) is 6.10 Å². The SMILES string of the molecule is CC1=C[C@@]2(C(CO)C1)[C@@H](C)CC[C@@H]1[C@H](C)C(=O)O[C@@H]12. The van der Waals surface area contributed by atoms with Gasteiger partial charge in [-0.25, -0.2) is 0 Å². The summed E-state index contributed by atoms with van der Waals surface area (Å²) in [5, 5.41) is 9.80. The topological polar surface area (TPSA) is 46.5 Å². The van der Waals surface area contributed by atoms with Crippen molar-refractivity contribution in [2.24, 2.45) is 29.1 Å². The fraction of sp³-hybridized carbons (Fsp3) is 0.812. The lowest BCUT2D eigenvalue weighted by atomic mass is 9.56. The van der Waals surface area contributed by atoms with Gasteiger partial charge < -0.3 is 9.84 Å². The number of carbonyl (C=O) groups excluding carboxylic acids is 1. The van der Waals surface area contributed by atoms with Crippen LogP contribution in [0.3, 0.4) is 0 Å². The van der Waals surface area contributed by atoms with Crippen molar-refractivity contribution < 1.29 is 14.6 Å². The lowest BCUT2D eigenvalue weighted by Crippen LogP contribution is -2.50. The minimum Gasteiger partial charge on any atom is -0.461 e. The predicted octanol–water partition coefficient (Wildman–Crippen LogP) is 2.54. The van der Waals surface area contributed by atoms with Crippen LogP contribution in [0.2, 0.25) is 0 Å². The number of esters is 1. The zero-order valence-electron chi connectivity index (χ0n) is 12.1. The Morgan fingerprint density at radius 3 is 2.84 bits per heavy atom. The summed E-state index contributed by atoms with van der Waals surface area (Å²) in [6.07, 6.45) is 5.44. The summed E-state index contributed by atoms with van der Waals surface area (Å²) in [5.74, 6) is 0.996. The second-order valence-electron chi connectivity index (χ2n) is 6.86. The molecule has 3 heteroatoms. The zero-order valence-corrected chi connectivity index (χ0v) is 12.1. The number of fused-ring (bicyclic) bond motifs is 2. The summed E-state index contributed by atoms with van der Waals surface area (Å²) in [5.41, 5.74) is 1.21. The molecule has 0 bridgehead atoms. The van der Waals surface area contributed by atoms with E-state index in [0.717, 1.165) is 19.3 Å². The van der Waals surface area contributed by atoms with Gasteiger partial charge in [-0.2, -0.15) is 0 Å². The molecule has 106 valence electrons. The first-order valence-corrected chi connectivity index (χ1v) is 7.50. The third-order valence-electron chi connectivity index (χ3n) is 5.92. The number of carbonyl (C=O) groups is 1. The molecule has 1 aliphatic heterocycles. The molecule has 1 heterocycles. The van der Waals surface area contributed by atoms with Crippen molar-refractivity contribution in [3.8, 4) is 0 Å². The Labute approximate surface area is 115 Å². The van der Waals surface area contributed by atoms with Gasteiger partial charge in [0.05, 0.1) is 5.92 Å². The third kappa shape index (κ3) is 1.63. The van der Waals surface area contributed by atoms with E-state index in [9.17, 15) is 9.90 Å². The molecule has 1 saturated carbocycles. The zero-order chi connectivity index (χ0) is 13.8. The lowest BCUT2D eigenvalue weighted by Gasteiger charge is -2.49. The van der Waals surface area contributed by atoms with Crippen LogP contribution in [0.15, 0.2) is 11.6 Å². The molecular weight excluding hydrogens is 240 g/mol. The van der Waals surface area contributed by atoms with E-state index in [-0.39, 0.29) is 35.9 Å². The first-order chi connectivity index (χ1) is 9.00. The summed E-state index contributed by atoms with van der Waals surface area (Å²) in [6, 6.07) is 0. The largest absolute Gasteiger partial charge is 0.461 e. The Bertz CT molecular complexity index is 428. The van der Waals surface area contributed by atoms with Crippen LogP contribution < -0.4 is 0 Å². The summed E-state index contributed by atoms with van der Waals surface area (Å²) >= 11 is 0. The van der Waals surface area contributed by atoms with Gasteiger partial charge in [0.25, 0.3) is 0 Å². The van der Waals surface area contributed by atoms with Gasteiger partial charge in [-0.1, -0.05) is 25.5 Å². The van der Waals surface area contributed by atoms with Crippen LogP contribution in [0.1, 0.15) is 40.0 Å². The van der Waals surface area contributed by atoms with E-state index < -0.39 is 0 Å². The van der Waals surface area contributed by atoms with Crippen LogP contribution in [0.5, 0.6) is 0 Å². The summed E-state index contributed by atoms with van der Waals surface area (Å²) in [4.78, 5) is 12.0. The number of hydrogen-bond donors (Lipinski definition) is 1. The van der Waals surface area contributed by atoms with Gasteiger partial charge in [-0.15, -0.1) is 0 Å². The van der Waals surface area contributed by atoms with Crippen molar-refractivity contribution in [3.05, 3.63) is 11.6 Å². The smallest absolute Gasteiger partial charge is 0.309 e. The molecule has 19 heavy (non-hydrogen) atoms. The monoisotopic (exact) mass is 264 g/mol. The number of rotatable bonds is 1. The molecule has 2 aliphatic carbocycles. The molecule has 0 aromatic carbocycles. The molecule has 0 aromatic rings. The highest BCUT2D eigenvalue weighted by Gasteiger charge is 2.61. The molecule has 3 nitrogen and oxygen atoms in total. The van der Waals surface area contributed by atoms with Crippen LogP contribution in [-0.2, 0) is 9.53 Å². The third-order valence-corrected chi connectivity index (χ3v) is 5.92. The van der Waals surface area contributed by atoms with Gasteiger partial charge in [-0.3, -0.25) is 4.79 Å². The minimum atomic E-state index is -0.123. The van der Waals surface area contributed by atoms with E-state index in [4.69, 9.17) is 4.74 Å². The molecule has 0 aromatic heterocycles. The van der Waals surface area contributed by atoms with E-state index in [1.54, 1.807) is 0 Å². The van der Waals surface area contributed by atoms with Crippen molar-refractivity contribution in [1.29, 1.82) is 0 Å². The first kappa shape index (κ1) is 13.2. The first-order valence-electron chi connectivity index (χ1n) is 7.50. The molecule has 1 N–H and O–H groups in total. The Morgan fingerprint density at radius 1 is 1.42 bits per heavy atom. The predicted molar refractivity (Wildman–Crippen MR) is 72.3 cm³/mol. The molecule has 1 unspecified atom stereocenters. The lowest BCUT2D eigenvalue weighted by molar-refractivity contribution is -0.153. The molecule has 3 aliphatic rings. The molecule has 3 rings (SSSR count). The summed E-state index contributed by atoms with van der Waals surface area (Å²) in [6.45, 7) is 6.57. The van der Waals surface area contributed by atoms with Crippen LogP contribution >= 0.6 is 0 Å². The van der Waals surface area contributed by atoms with Crippen LogP contribution in [0.4, 0.5) is 0 Å². The van der Waals surface area contributed by atoms with E-state index in [1.165, 1.54) is 5.57 Å². The van der Waals surface area contributed by atoms with Gasteiger partial charge in [-0.05, 0) is 38.0 Å². The molecule has 2 fully saturated rings. The van der Waals surface area contributed by atoms with Crippen LogP contribution in [0.25, 0.3) is 0 Å². The normalized spacial score (nSPS) is 49.2. The summed E-state index contributed by atoms with van der Waals surface area (Å²) in [7, 11) is 0. The van der Waals surface area contributed by atoms with Gasteiger partial charge in [0, 0.05) is 17.9 Å². The Morgan fingerprint density at radius 2 is 2.16 bits per heavy atom. The average Bonchev–Trinajstić information content (AvgIpc) is 2.86. The van der Waals surface area contributed by atoms with Crippen molar-refractivity contribution >= 4 is 5.97 Å². The Balaban J connectivity index is 2.04. The number of aliphatic hydroxyl groups excluding tert-OH is 1. The quantitative estimate of drug-likeness (QED) is 0.585. The fourth-order valence-electron chi connectivity index (χ4n) is 4.85. The maximum Gasteiger partial charge on any atom is 0.309 e. The standard InChI is InChI=1S/C16H24O3/c1-9-6-12(8-17)16(7-9)10(2)4-5-13-11(3)15(18)19-14(13)16/h7,10-14,17H,4-6,8H2,1-3H3/t10-,11-,12?,13+,14-,16-/m0/s1. The van der Waals surface area contributed by atoms with Gasteiger partial charge in [0.2, 0.25) is 0 Å². The van der Waals surface area contributed by atoms with Crippen molar-refractivity contribution in [1.82, 2.24) is 0 Å². The van der Waals surface area contributed by atoms with Crippen LogP contribution in [0, 0.1) is 29.1 Å². The molecule has 1 spiro atoms. The highest BCUT2D eigenvalue weighted by Crippen LogP contribution is 2.59. The van der Waals surface area contributed by atoms with E-state index in [2.05, 4.69) is 19.9 Å². The van der Waals surface area contributed by atoms with E-state index >= 15 is 0 Å². The molecule has 0 radical (unpaired) electrons. The van der Waals surface area contributed by atoms with Gasteiger partial charge >= 0.3 is 5.97 Å². The Kier molecular flexibility index (Phi) is 3.01. The highest BCUT2D eigenvalue weighted by atomic mass is 16.6. The molecular formula is C16H24O3. The molecule has 0 amide bonds. The van der Waals surface area contributed by atoms with Crippen molar-refractivity contribution in [2.45, 2.75) is 46.1 Å². The van der Waals surface area contributed by atoms with E-state index in [1.807, 2.05) is 6.92 Å². The maximum atomic E-state index is 12.0. The average molecular weight is 264 g/mol. The van der Waals surface area contributed by atoms with Crippen molar-refractivity contribution in [3.63, 3.8) is 0 Å². The number of aliphatic hydroxyl groups is 1. The fourth-order valence-corrected chi connectivity index (χ4v) is 4.85. The Hall–Kier alpha value is -0.830. The van der Waals surface area contributed by atoms with Crippen molar-refractivity contribution in [2.75, 3.05) is 6.61 Å². The van der Waals surface area contributed by atoms with Crippen LogP contribution in [-0.4, -0.2) is 23.8 Å². The maximum absolute atomic E-state index is 12.0. The number of hydrogen-bond acceptors (Lipinski definition) is 3. The second kappa shape index (κ2) is 4.34.